The minimum absolute atomic E-state index is 0.422. The van der Waals surface area contributed by atoms with Crippen LogP contribution in [0.5, 0.6) is 0 Å². The number of aliphatic hydroxyl groups is 1. The van der Waals surface area contributed by atoms with Gasteiger partial charge in [0.15, 0.2) is 5.72 Å². The van der Waals surface area contributed by atoms with Gasteiger partial charge in [-0.05, 0) is 57.5 Å². The van der Waals surface area contributed by atoms with Gasteiger partial charge in [-0.15, -0.1) is 0 Å². The summed E-state index contributed by atoms with van der Waals surface area (Å²) in [6, 6.07) is 12.5. The van der Waals surface area contributed by atoms with Crippen LogP contribution in [-0.4, -0.2) is 17.9 Å². The molecule has 0 amide bonds. The highest BCUT2D eigenvalue weighted by molar-refractivity contribution is 7.08. The van der Waals surface area contributed by atoms with Crippen molar-refractivity contribution in [3.63, 3.8) is 0 Å². The predicted molar refractivity (Wildman–Crippen MR) is 114 cm³/mol. The van der Waals surface area contributed by atoms with E-state index < -0.39 is 11.1 Å². The lowest BCUT2D eigenvalue weighted by molar-refractivity contribution is 0.0309. The maximum Gasteiger partial charge on any atom is 0.182 e. The zero-order chi connectivity index (χ0) is 18.6. The highest BCUT2D eigenvalue weighted by atomic mass is 32.1. The maximum absolute atomic E-state index is 12.1. The number of anilines is 1. The molecular weight excluding hydrogens is 370 g/mol. The smallest absolute Gasteiger partial charge is 0.182 e. The molecule has 2 aromatic heterocycles. The number of rotatable bonds is 1. The lowest BCUT2D eigenvalue weighted by Gasteiger charge is -2.39. The molecule has 1 N–H and O–H groups in total. The summed E-state index contributed by atoms with van der Waals surface area (Å²) in [5, 5.41) is 20.4. The molecule has 4 heteroatoms. The Morgan fingerprint density at radius 1 is 1.04 bits per heavy atom. The monoisotopic (exact) mass is 389 g/mol. The van der Waals surface area contributed by atoms with E-state index in [1.807, 2.05) is 34.8 Å². The van der Waals surface area contributed by atoms with Crippen molar-refractivity contribution in [2.24, 2.45) is 0 Å². The van der Waals surface area contributed by atoms with E-state index in [1.165, 1.54) is 11.1 Å². The molecule has 5 rings (SSSR count). The highest BCUT2D eigenvalue weighted by Gasteiger charge is 2.63. The molecular formula is C23H19NOS2. The molecule has 0 radical (unpaired) electrons. The molecule has 0 bridgehead atoms. The van der Waals surface area contributed by atoms with Crippen LogP contribution in [0.3, 0.4) is 0 Å². The topological polar surface area (TPSA) is 23.5 Å². The van der Waals surface area contributed by atoms with Crippen molar-refractivity contribution in [2.75, 3.05) is 11.9 Å². The van der Waals surface area contributed by atoms with E-state index in [-0.39, 0.29) is 0 Å². The molecule has 1 aliphatic heterocycles. The number of nitrogens with zero attached hydrogens (tertiary/aromatic N) is 1. The van der Waals surface area contributed by atoms with Crippen LogP contribution < -0.4 is 4.90 Å². The van der Waals surface area contributed by atoms with Crippen LogP contribution in [0.2, 0.25) is 0 Å². The van der Waals surface area contributed by atoms with Gasteiger partial charge >= 0.3 is 0 Å². The molecule has 0 saturated carbocycles. The maximum atomic E-state index is 12.1. The van der Waals surface area contributed by atoms with E-state index in [1.54, 1.807) is 22.7 Å². The largest absolute Gasteiger partial charge is 0.365 e. The summed E-state index contributed by atoms with van der Waals surface area (Å²) in [5.41, 5.74) is 4.86. The van der Waals surface area contributed by atoms with Gasteiger partial charge in [0, 0.05) is 23.7 Å². The van der Waals surface area contributed by atoms with Crippen molar-refractivity contribution in [3.8, 4) is 11.8 Å². The Morgan fingerprint density at radius 3 is 2.56 bits per heavy atom. The van der Waals surface area contributed by atoms with E-state index >= 15 is 0 Å². The average molecular weight is 390 g/mol. The first-order valence-corrected chi connectivity index (χ1v) is 10.8. The molecule has 3 heterocycles. The number of likely N-dealkylation sites (N-methyl/N-ethyl adjacent to an activating group) is 1. The first kappa shape index (κ1) is 16.8. The van der Waals surface area contributed by atoms with Gasteiger partial charge in [0.25, 0.3) is 0 Å². The van der Waals surface area contributed by atoms with Crippen LogP contribution in [0.15, 0.2) is 63.5 Å². The quantitative estimate of drug-likeness (QED) is 0.584. The molecule has 134 valence electrons. The third-order valence-corrected chi connectivity index (χ3v) is 7.38. The van der Waals surface area contributed by atoms with Gasteiger partial charge in [-0.3, -0.25) is 0 Å². The van der Waals surface area contributed by atoms with Crippen molar-refractivity contribution in [2.45, 2.75) is 24.5 Å². The van der Waals surface area contributed by atoms with Crippen molar-refractivity contribution in [3.05, 3.63) is 80.2 Å². The van der Waals surface area contributed by atoms with Crippen molar-refractivity contribution < 1.29 is 5.11 Å². The van der Waals surface area contributed by atoms with Crippen LogP contribution in [-0.2, 0) is 5.41 Å². The fourth-order valence-corrected chi connectivity index (χ4v) is 5.85. The van der Waals surface area contributed by atoms with Crippen LogP contribution in [0.4, 0.5) is 5.69 Å². The first-order valence-electron chi connectivity index (χ1n) is 8.92. The van der Waals surface area contributed by atoms with E-state index in [2.05, 4.69) is 53.8 Å². The van der Waals surface area contributed by atoms with E-state index in [0.717, 1.165) is 28.8 Å². The lowest BCUT2D eigenvalue weighted by Crippen LogP contribution is -2.54. The van der Waals surface area contributed by atoms with Gasteiger partial charge in [0.05, 0.1) is 11.0 Å². The molecule has 1 aromatic carbocycles. The van der Waals surface area contributed by atoms with Gasteiger partial charge in [0.2, 0.25) is 0 Å². The average Bonchev–Trinajstić information content (AvgIpc) is 3.44. The highest BCUT2D eigenvalue weighted by Crippen LogP contribution is 2.61. The predicted octanol–water partition coefficient (Wildman–Crippen LogP) is 5.11. The summed E-state index contributed by atoms with van der Waals surface area (Å²) in [5.74, 6) is 6.65. The first-order chi connectivity index (χ1) is 13.1. The summed E-state index contributed by atoms with van der Waals surface area (Å²) in [6.07, 6.45) is 0.773. The van der Waals surface area contributed by atoms with Crippen LogP contribution in [0.25, 0.3) is 5.57 Å². The Hall–Kier alpha value is -2.32. The van der Waals surface area contributed by atoms with Crippen LogP contribution in [0, 0.1) is 11.8 Å². The fourth-order valence-electron chi connectivity index (χ4n) is 4.59. The Morgan fingerprint density at radius 2 is 1.81 bits per heavy atom. The normalized spacial score (nSPS) is 26.0. The third-order valence-electron chi connectivity index (χ3n) is 6.02. The van der Waals surface area contributed by atoms with E-state index in [0.29, 0.717) is 0 Å². The standard InChI is InChI=1S/C23H19NOS2/c1-22-13-18(17-10-12-27-15-17)19(8-7-16-9-11-26-14-16)23(22,25)24(2)21-6-4-3-5-20(21)22/h3-6,9-12,14-15,25H,13H2,1-2H3. The second-order valence-electron chi connectivity index (χ2n) is 7.38. The Balaban J connectivity index is 1.75. The molecule has 27 heavy (non-hydrogen) atoms. The molecule has 0 spiro atoms. The number of allylic oxidation sites excluding steroid dienone is 1. The molecule has 2 aliphatic rings. The number of thiophene rings is 2. The summed E-state index contributed by atoms with van der Waals surface area (Å²) in [4.78, 5) is 2.01. The Kier molecular flexibility index (Phi) is 3.64. The Bertz CT molecular complexity index is 1100. The van der Waals surface area contributed by atoms with Crippen molar-refractivity contribution in [1.82, 2.24) is 0 Å². The number of para-hydroxylation sites is 1. The number of fused-ring (bicyclic) bond motifs is 3. The summed E-state index contributed by atoms with van der Waals surface area (Å²) in [7, 11) is 1.98. The van der Waals surface area contributed by atoms with E-state index in [4.69, 9.17) is 0 Å². The summed E-state index contributed by atoms with van der Waals surface area (Å²) < 4.78 is 0. The summed E-state index contributed by atoms with van der Waals surface area (Å²) >= 11 is 3.32. The Labute approximate surface area is 167 Å². The minimum Gasteiger partial charge on any atom is -0.365 e. The molecule has 1 aliphatic carbocycles. The molecule has 2 unspecified atom stereocenters. The van der Waals surface area contributed by atoms with Gasteiger partial charge in [-0.25, -0.2) is 0 Å². The molecule has 2 nitrogen and oxygen atoms in total. The zero-order valence-electron chi connectivity index (χ0n) is 15.2. The van der Waals surface area contributed by atoms with Gasteiger partial charge in [0.1, 0.15) is 0 Å². The second-order valence-corrected chi connectivity index (χ2v) is 8.94. The second kappa shape index (κ2) is 5.84. The summed E-state index contributed by atoms with van der Waals surface area (Å²) in [6.45, 7) is 2.17. The molecule has 3 aromatic rings. The van der Waals surface area contributed by atoms with Crippen LogP contribution in [0.1, 0.15) is 30.0 Å². The van der Waals surface area contributed by atoms with Crippen molar-refractivity contribution >= 4 is 33.9 Å². The van der Waals surface area contributed by atoms with Gasteiger partial charge in [-0.2, -0.15) is 22.7 Å². The van der Waals surface area contributed by atoms with Crippen LogP contribution >= 0.6 is 22.7 Å². The molecule has 2 atom stereocenters. The third kappa shape index (κ3) is 2.17. The SMILES string of the molecule is CN1c2ccccc2C2(C)CC(c3ccsc3)=C(C#Cc3ccsc3)C12O. The van der Waals surface area contributed by atoms with Gasteiger partial charge in [-0.1, -0.05) is 37.0 Å². The van der Waals surface area contributed by atoms with Crippen molar-refractivity contribution in [1.29, 1.82) is 0 Å². The molecule has 0 fully saturated rings. The number of hydrogen-bond donors (Lipinski definition) is 1. The van der Waals surface area contributed by atoms with E-state index in [9.17, 15) is 5.11 Å². The fraction of sp³-hybridized carbons (Fsp3) is 0.217. The van der Waals surface area contributed by atoms with Gasteiger partial charge < -0.3 is 10.0 Å². The minimum atomic E-state index is -1.14. The molecule has 0 saturated heterocycles. The number of hydrogen-bond acceptors (Lipinski definition) is 4. The number of benzene rings is 1. The lowest BCUT2D eigenvalue weighted by atomic mass is 9.75. The zero-order valence-corrected chi connectivity index (χ0v) is 16.8.